The molecule has 4 aromatic carbocycles. The summed E-state index contributed by atoms with van der Waals surface area (Å²) in [6, 6.07) is 33.5. The largest absolute Gasteiger partial charge is 0.497 e. The normalized spacial score (nSPS) is 13.2. The quantitative estimate of drug-likeness (QED) is 0.0230. The number of thioether (sulfide) groups is 2. The minimum Gasteiger partial charge on any atom is -0.398 e. The molecule has 4 aromatic rings. The fourth-order valence-corrected chi connectivity index (χ4v) is 22.7. The van der Waals surface area contributed by atoms with Gasteiger partial charge in [0.25, 0.3) is 15.8 Å². The molecule has 0 aromatic heterocycles. The molecule has 0 unspecified atom stereocenters. The molecular formula is C64H100F8O16S6Si4. The molecule has 0 amide bonds. The van der Waals surface area contributed by atoms with Crippen molar-refractivity contribution in [1.29, 1.82) is 0 Å². The van der Waals surface area contributed by atoms with Crippen LogP contribution < -0.4 is 0 Å². The van der Waals surface area contributed by atoms with Crippen molar-refractivity contribution in [3.8, 4) is 0 Å². The molecule has 0 saturated heterocycles. The molecule has 0 heterocycles. The molecule has 16 nitrogen and oxygen atoms in total. The van der Waals surface area contributed by atoms with Crippen LogP contribution in [-0.4, -0.2) is 181 Å². The second-order valence-electron chi connectivity index (χ2n) is 22.8. The van der Waals surface area contributed by atoms with Gasteiger partial charge in [-0.1, -0.05) is 96.6 Å². The smallest absolute Gasteiger partial charge is 0.398 e. The Bertz CT molecular complexity index is 3400. The summed E-state index contributed by atoms with van der Waals surface area (Å²) in [7, 11) is -18.5. The lowest BCUT2D eigenvalue weighted by atomic mass is 10.1. The monoisotopic (exact) mass is 1580 g/mol. The fourth-order valence-electron chi connectivity index (χ4n) is 8.77. The van der Waals surface area contributed by atoms with E-state index in [9.17, 15) is 68.8 Å². The van der Waals surface area contributed by atoms with Gasteiger partial charge < -0.3 is 35.4 Å². The van der Waals surface area contributed by atoms with Crippen LogP contribution >= 0.6 is 23.5 Å². The first-order chi connectivity index (χ1) is 45.5. The summed E-state index contributed by atoms with van der Waals surface area (Å²) in [4.78, 5) is 0.751. The van der Waals surface area contributed by atoms with E-state index in [1.54, 1.807) is 106 Å². The molecule has 560 valence electrons. The van der Waals surface area contributed by atoms with Crippen LogP contribution in [-0.2, 0) is 99.1 Å². The average molecular weight is 1580 g/mol. The van der Waals surface area contributed by atoms with E-state index >= 15 is 0 Å². The number of hydrogen-bond acceptors (Lipinski definition) is 18. The highest BCUT2D eigenvalue weighted by molar-refractivity contribution is 7.99. The van der Waals surface area contributed by atoms with Crippen molar-refractivity contribution in [2.75, 3.05) is 95.1 Å². The fraction of sp³-hybridized carbons (Fsp3) is 0.562. The Morgan fingerprint density at radius 2 is 0.806 bits per heavy atom. The molecule has 0 aliphatic rings. The Kier molecular flexibility index (Phi) is 42.2. The van der Waals surface area contributed by atoms with Crippen LogP contribution in [0.4, 0.5) is 35.1 Å². The van der Waals surface area contributed by atoms with Crippen LogP contribution in [0.1, 0.15) is 74.8 Å². The third kappa shape index (κ3) is 38.9. The summed E-state index contributed by atoms with van der Waals surface area (Å²) in [6.07, 6.45) is -1.39. The van der Waals surface area contributed by atoms with Crippen molar-refractivity contribution in [3.63, 3.8) is 0 Å². The van der Waals surface area contributed by atoms with Gasteiger partial charge in [-0.3, -0.25) is 0 Å². The molecular weight excluding hydrogens is 1480 g/mol. The van der Waals surface area contributed by atoms with Gasteiger partial charge in [0.1, 0.15) is 12.2 Å². The van der Waals surface area contributed by atoms with Crippen LogP contribution in [0.5, 0.6) is 0 Å². The molecule has 0 fully saturated rings. The zero-order valence-corrected chi connectivity index (χ0v) is 67.2. The molecule has 4 rings (SSSR count). The highest BCUT2D eigenvalue weighted by Crippen LogP contribution is 2.33. The van der Waals surface area contributed by atoms with E-state index in [-0.39, 0.29) is 11.5 Å². The van der Waals surface area contributed by atoms with Crippen molar-refractivity contribution in [3.05, 3.63) is 154 Å². The summed E-state index contributed by atoms with van der Waals surface area (Å²) < 4.78 is 237. The van der Waals surface area contributed by atoms with Crippen LogP contribution in [0.25, 0.3) is 0 Å². The van der Waals surface area contributed by atoms with Crippen LogP contribution in [0.2, 0.25) is 38.3 Å². The first kappa shape index (κ1) is 92.9. The van der Waals surface area contributed by atoms with Crippen molar-refractivity contribution in [2.24, 2.45) is 0 Å². The van der Waals surface area contributed by atoms with Crippen LogP contribution in [0.3, 0.4) is 0 Å². The van der Waals surface area contributed by atoms with E-state index < -0.39 is 115 Å². The minimum atomic E-state index is -5.23. The highest BCUT2D eigenvalue weighted by atomic mass is 32.2. The third-order valence-electron chi connectivity index (χ3n) is 14.4. The molecule has 34 heteroatoms. The second-order valence-corrected chi connectivity index (χ2v) is 46.4. The van der Waals surface area contributed by atoms with E-state index in [2.05, 4.69) is 13.1 Å². The topological polar surface area (TPSA) is 210 Å². The minimum absolute atomic E-state index is 0.0345. The van der Waals surface area contributed by atoms with E-state index in [1.165, 1.54) is 22.5 Å². The molecule has 0 atom stereocenters. The number of rotatable bonds is 41. The summed E-state index contributed by atoms with van der Waals surface area (Å²) in [5.41, 5.74) is 2.63. The molecule has 0 radical (unpaired) electrons. The average Bonchev–Trinajstić information content (AvgIpc) is 0.843. The Morgan fingerprint density at radius 1 is 0.459 bits per heavy atom. The van der Waals surface area contributed by atoms with E-state index in [0.717, 1.165) is 89.6 Å². The molecule has 0 aliphatic heterocycles. The van der Waals surface area contributed by atoms with Gasteiger partial charge in [0.2, 0.25) is 0 Å². The first-order valence-electron chi connectivity index (χ1n) is 31.4. The Balaban J connectivity index is 0.000000664. The Hall–Kier alpha value is -3.15. The van der Waals surface area contributed by atoms with Crippen LogP contribution in [0.15, 0.2) is 136 Å². The summed E-state index contributed by atoms with van der Waals surface area (Å²) in [5.74, 6) is -3.73. The van der Waals surface area contributed by atoms with Gasteiger partial charge in [0.05, 0.1) is 32.8 Å². The van der Waals surface area contributed by atoms with Crippen molar-refractivity contribution < 1.29 is 104 Å². The number of alkyl halides is 8. The zero-order chi connectivity index (χ0) is 74.6. The van der Waals surface area contributed by atoms with Gasteiger partial charge in [0, 0.05) is 54.9 Å². The lowest BCUT2D eigenvalue weighted by Gasteiger charge is -2.22. The van der Waals surface area contributed by atoms with Gasteiger partial charge in [-0.15, -0.1) is 0 Å². The standard InChI is InChI=1S/C22H32O4S2Si.C21H30O4S2Si.C12H21F5O4SSi.C9H17F3O4SSi/c1-19-6-12-22(13-7-19)28(23,24)18-21-10-8-20(9-11-21)14-16-27-15-5-17-29(4,25-2)26-3;1-24-28(3,25-2)17-7-15-26-16-14-19-10-12-20(13-11-19)18-27(22,23)21-8-5-4-6-9-21;1-4-20-23(3,21-5-2)8-6-7-22(18,19)10-11(13,14)9-12(15,16)17;1-4-15-18(3,16-5-2)8-6-7-17(13,14)9(10,11)12/h6-13H,5,14-18H2,1-4H3;4-6,8-13H,7,14-18H2,1-3H3;6,8H,4-5,7,9-10H2,1-3H3;6,8H,4-5,7H2,1-3H3/b;;2*8-6+. The van der Waals surface area contributed by atoms with Gasteiger partial charge in [-0.25, -0.2) is 42.5 Å². The first-order valence-corrected chi connectivity index (χ1v) is 50.3. The third-order valence-corrected chi connectivity index (χ3v) is 33.9. The van der Waals surface area contributed by atoms with Gasteiger partial charge >= 0.3 is 45.9 Å². The Labute approximate surface area is 590 Å². The molecule has 0 saturated carbocycles. The van der Waals surface area contributed by atoms with E-state index in [1.807, 2.05) is 97.2 Å². The maximum Gasteiger partial charge on any atom is 0.497 e. The van der Waals surface area contributed by atoms with Gasteiger partial charge in [-0.2, -0.15) is 49.9 Å². The SMILES string of the molecule is CCO[Si](C)(/C=C/CS(=O)(=O)C(F)(F)F)OCC.CCO[Si](C)(/C=C/CS(=O)(=O)CC(F)(F)CC(F)(F)F)OCC.CO[Si](C)(CCCSCCc1ccc(CS(=O)(=O)c2ccc(C)cc2)cc1)OC.CO[Si](C)(CCCSCCc1ccc(CS(=O)(=O)c2ccccc2)cc1)OC. The highest BCUT2D eigenvalue weighted by Gasteiger charge is 2.47. The lowest BCUT2D eigenvalue weighted by molar-refractivity contribution is -0.181. The Morgan fingerprint density at radius 3 is 1.14 bits per heavy atom. The number of sulfone groups is 4. The zero-order valence-electron chi connectivity index (χ0n) is 58.3. The van der Waals surface area contributed by atoms with Crippen molar-refractivity contribution in [2.45, 2.75) is 144 Å². The molecule has 0 bridgehead atoms. The lowest BCUT2D eigenvalue weighted by Crippen LogP contribution is -2.37. The predicted molar refractivity (Wildman–Crippen MR) is 387 cm³/mol. The number of hydrogen-bond donors (Lipinski definition) is 0. The molecule has 0 spiro atoms. The maximum absolute atomic E-state index is 13.2. The number of benzene rings is 4. The van der Waals surface area contributed by atoms with Gasteiger partial charge in [0.15, 0.2) is 29.5 Å². The molecule has 0 N–H and O–H groups in total. The van der Waals surface area contributed by atoms with Gasteiger partial charge in [-0.05, 0) is 180 Å². The second kappa shape index (κ2) is 44.5. The molecule has 0 aliphatic carbocycles. The molecule has 98 heavy (non-hydrogen) atoms. The van der Waals surface area contributed by atoms with E-state index in [4.69, 9.17) is 35.4 Å². The number of aryl methyl sites for hydroxylation is 3. The van der Waals surface area contributed by atoms with E-state index in [0.29, 0.717) is 36.2 Å². The summed E-state index contributed by atoms with van der Waals surface area (Å²) in [6.45, 7) is 17.6. The van der Waals surface area contributed by atoms with Crippen LogP contribution in [0, 0.1) is 6.92 Å². The van der Waals surface area contributed by atoms with Crippen molar-refractivity contribution >= 4 is 97.1 Å². The summed E-state index contributed by atoms with van der Waals surface area (Å²) in [5, 5.41) is 0. The van der Waals surface area contributed by atoms with Crippen molar-refractivity contribution in [1.82, 2.24) is 0 Å². The summed E-state index contributed by atoms with van der Waals surface area (Å²) >= 11 is 3.87. The number of halogens is 8. The maximum atomic E-state index is 13.2. The predicted octanol–water partition coefficient (Wildman–Crippen LogP) is 15.1.